The molecule has 0 fully saturated rings. The first kappa shape index (κ1) is 9.39. The first-order chi connectivity index (χ1) is 4.68. The Morgan fingerprint density at radius 3 is 2.80 bits per heavy atom. The molecular weight excluding hydrogens is 132 g/mol. The molecule has 0 saturated heterocycles. The van der Waals surface area contributed by atoms with Crippen LogP contribution < -0.4 is 11.1 Å². The smallest absolute Gasteiger partial charge is 0.236 e. The van der Waals surface area contributed by atoms with Crippen molar-refractivity contribution in [3.05, 3.63) is 0 Å². The summed E-state index contributed by atoms with van der Waals surface area (Å²) in [6.07, 6.45) is 0. The Hall–Kier alpha value is -0.610. The normalized spacial score (nSPS) is 12.7. The number of hydrogen-bond donors (Lipinski definition) is 2. The van der Waals surface area contributed by atoms with Gasteiger partial charge in [-0.15, -0.1) is 0 Å². The zero-order valence-electron chi connectivity index (χ0n) is 6.39. The third-order valence-electron chi connectivity index (χ3n) is 1.02. The Kier molecular flexibility index (Phi) is 4.88. The predicted molar refractivity (Wildman–Crippen MR) is 38.5 cm³/mol. The summed E-state index contributed by atoms with van der Waals surface area (Å²) in [5.41, 5.74) is 5.27. The number of carbonyl (C=O) groups excluding carboxylic acids is 1. The van der Waals surface area contributed by atoms with Crippen LogP contribution in [-0.4, -0.2) is 32.2 Å². The van der Waals surface area contributed by atoms with Gasteiger partial charge in [0, 0.05) is 13.7 Å². The van der Waals surface area contributed by atoms with Crippen LogP contribution in [0, 0.1) is 0 Å². The van der Waals surface area contributed by atoms with Crippen LogP contribution in [0.3, 0.4) is 0 Å². The Bertz CT molecular complexity index is 104. The van der Waals surface area contributed by atoms with E-state index in [9.17, 15) is 4.79 Å². The molecule has 0 unspecified atom stereocenters. The fourth-order valence-electron chi connectivity index (χ4n) is 0.437. The molecule has 0 aromatic heterocycles. The third-order valence-corrected chi connectivity index (χ3v) is 1.02. The number of methoxy groups -OCH3 is 1. The van der Waals surface area contributed by atoms with E-state index in [0.717, 1.165) is 0 Å². The molecule has 4 heteroatoms. The number of carbonyl (C=O) groups is 1. The van der Waals surface area contributed by atoms with Gasteiger partial charge in [0.15, 0.2) is 0 Å². The minimum absolute atomic E-state index is 0.142. The molecule has 0 aromatic carbocycles. The molecule has 0 bridgehead atoms. The van der Waals surface area contributed by atoms with E-state index in [1.165, 1.54) is 0 Å². The van der Waals surface area contributed by atoms with Crippen molar-refractivity contribution < 1.29 is 9.53 Å². The zero-order chi connectivity index (χ0) is 7.98. The second-order valence-electron chi connectivity index (χ2n) is 2.07. The Balaban J connectivity index is 3.22. The second-order valence-corrected chi connectivity index (χ2v) is 2.07. The molecule has 0 aromatic rings. The molecule has 0 spiro atoms. The molecule has 4 nitrogen and oxygen atoms in total. The van der Waals surface area contributed by atoms with Crippen molar-refractivity contribution in [2.75, 3.05) is 20.3 Å². The standard InChI is InChI=1S/C6H14N2O2/c1-5(7)6(9)8-3-4-10-2/h5H,3-4,7H2,1-2H3,(H,8,9)/t5-/m1/s1. The molecule has 3 N–H and O–H groups in total. The molecule has 0 aliphatic heterocycles. The van der Waals surface area contributed by atoms with Crippen molar-refractivity contribution in [2.24, 2.45) is 5.73 Å². The third kappa shape index (κ3) is 4.29. The van der Waals surface area contributed by atoms with Crippen LogP contribution in [0.1, 0.15) is 6.92 Å². The van der Waals surface area contributed by atoms with Crippen molar-refractivity contribution in [1.29, 1.82) is 0 Å². The van der Waals surface area contributed by atoms with E-state index in [2.05, 4.69) is 5.32 Å². The highest BCUT2D eigenvalue weighted by Gasteiger charge is 2.04. The van der Waals surface area contributed by atoms with Gasteiger partial charge in [0.05, 0.1) is 12.6 Å². The Morgan fingerprint density at radius 2 is 2.40 bits per heavy atom. The molecule has 60 valence electrons. The first-order valence-corrected chi connectivity index (χ1v) is 3.20. The molecule has 1 amide bonds. The van der Waals surface area contributed by atoms with Gasteiger partial charge in [-0.25, -0.2) is 0 Å². The topological polar surface area (TPSA) is 64.3 Å². The number of amides is 1. The molecule has 1 atom stereocenters. The highest BCUT2D eigenvalue weighted by Crippen LogP contribution is 1.73. The van der Waals surface area contributed by atoms with Crippen LogP contribution >= 0.6 is 0 Å². The van der Waals surface area contributed by atoms with Crippen molar-refractivity contribution >= 4 is 5.91 Å². The molecule has 0 rings (SSSR count). The van der Waals surface area contributed by atoms with Gasteiger partial charge < -0.3 is 15.8 Å². The fraction of sp³-hybridized carbons (Fsp3) is 0.833. The van der Waals surface area contributed by atoms with Gasteiger partial charge in [-0.1, -0.05) is 0 Å². The zero-order valence-corrected chi connectivity index (χ0v) is 6.39. The summed E-state index contributed by atoms with van der Waals surface area (Å²) in [5.74, 6) is -0.142. The maximum absolute atomic E-state index is 10.7. The summed E-state index contributed by atoms with van der Waals surface area (Å²) < 4.78 is 4.72. The highest BCUT2D eigenvalue weighted by atomic mass is 16.5. The van der Waals surface area contributed by atoms with Crippen molar-refractivity contribution in [3.63, 3.8) is 0 Å². The Labute approximate surface area is 60.7 Å². The van der Waals surface area contributed by atoms with Crippen LogP contribution in [0.5, 0.6) is 0 Å². The highest BCUT2D eigenvalue weighted by molar-refractivity contribution is 5.80. The van der Waals surface area contributed by atoms with E-state index in [0.29, 0.717) is 13.2 Å². The maximum atomic E-state index is 10.7. The summed E-state index contributed by atoms with van der Waals surface area (Å²) in [7, 11) is 1.58. The van der Waals surface area contributed by atoms with E-state index in [1.54, 1.807) is 14.0 Å². The second kappa shape index (κ2) is 5.20. The summed E-state index contributed by atoms with van der Waals surface area (Å²) in [4.78, 5) is 10.7. The lowest BCUT2D eigenvalue weighted by Gasteiger charge is -2.05. The van der Waals surface area contributed by atoms with E-state index in [1.807, 2.05) is 0 Å². The molecule has 0 aliphatic rings. The maximum Gasteiger partial charge on any atom is 0.236 e. The summed E-state index contributed by atoms with van der Waals surface area (Å²) in [6, 6.07) is -0.433. The minimum atomic E-state index is -0.433. The van der Waals surface area contributed by atoms with Crippen molar-refractivity contribution in [3.8, 4) is 0 Å². The molecule has 0 radical (unpaired) electrons. The molecule has 10 heavy (non-hydrogen) atoms. The van der Waals surface area contributed by atoms with Crippen LogP contribution in [-0.2, 0) is 9.53 Å². The van der Waals surface area contributed by atoms with Gasteiger partial charge in [-0.05, 0) is 6.92 Å². The van der Waals surface area contributed by atoms with Crippen LogP contribution in [0.25, 0.3) is 0 Å². The van der Waals surface area contributed by atoms with Gasteiger partial charge in [-0.2, -0.15) is 0 Å². The molecule has 0 saturated carbocycles. The average molecular weight is 146 g/mol. The number of nitrogens with two attached hydrogens (primary N) is 1. The van der Waals surface area contributed by atoms with Gasteiger partial charge in [-0.3, -0.25) is 4.79 Å². The monoisotopic (exact) mass is 146 g/mol. The van der Waals surface area contributed by atoms with Crippen LogP contribution in [0.4, 0.5) is 0 Å². The number of rotatable bonds is 4. The predicted octanol–water partition coefficient (Wildman–Crippen LogP) is -0.904. The lowest BCUT2D eigenvalue weighted by Crippen LogP contribution is -2.39. The van der Waals surface area contributed by atoms with Crippen LogP contribution in [0.15, 0.2) is 0 Å². The Morgan fingerprint density at radius 1 is 1.80 bits per heavy atom. The van der Waals surface area contributed by atoms with Gasteiger partial charge in [0.2, 0.25) is 5.91 Å². The van der Waals surface area contributed by atoms with E-state index >= 15 is 0 Å². The number of hydrogen-bond acceptors (Lipinski definition) is 3. The fourth-order valence-corrected chi connectivity index (χ4v) is 0.437. The van der Waals surface area contributed by atoms with Gasteiger partial charge in [0.1, 0.15) is 0 Å². The quantitative estimate of drug-likeness (QED) is 0.505. The summed E-state index contributed by atoms with van der Waals surface area (Å²) in [6.45, 7) is 2.69. The largest absolute Gasteiger partial charge is 0.383 e. The van der Waals surface area contributed by atoms with Crippen molar-refractivity contribution in [2.45, 2.75) is 13.0 Å². The van der Waals surface area contributed by atoms with Gasteiger partial charge in [0.25, 0.3) is 0 Å². The van der Waals surface area contributed by atoms with E-state index in [-0.39, 0.29) is 5.91 Å². The summed E-state index contributed by atoms with van der Waals surface area (Å²) >= 11 is 0. The first-order valence-electron chi connectivity index (χ1n) is 3.20. The SMILES string of the molecule is COCCNC(=O)[C@@H](C)N. The lowest BCUT2D eigenvalue weighted by molar-refractivity contribution is -0.122. The molecule has 0 aliphatic carbocycles. The van der Waals surface area contributed by atoms with Crippen LogP contribution in [0.2, 0.25) is 0 Å². The molecule has 0 heterocycles. The average Bonchev–Trinajstić information content (AvgIpc) is 1.88. The van der Waals surface area contributed by atoms with Crippen molar-refractivity contribution in [1.82, 2.24) is 5.32 Å². The molecular formula is C6H14N2O2. The number of ether oxygens (including phenoxy) is 1. The minimum Gasteiger partial charge on any atom is -0.383 e. The number of nitrogens with one attached hydrogen (secondary N) is 1. The lowest BCUT2D eigenvalue weighted by atomic mass is 10.3. The van der Waals surface area contributed by atoms with E-state index in [4.69, 9.17) is 10.5 Å². The summed E-state index contributed by atoms with van der Waals surface area (Å²) in [5, 5.41) is 2.59. The van der Waals surface area contributed by atoms with E-state index < -0.39 is 6.04 Å². The van der Waals surface area contributed by atoms with Gasteiger partial charge >= 0.3 is 0 Å².